The highest BCUT2D eigenvalue weighted by Crippen LogP contribution is 2.16. The average Bonchev–Trinajstić information content (AvgIpc) is 2.50. The number of aryl methyl sites for hydroxylation is 1. The van der Waals surface area contributed by atoms with Gasteiger partial charge in [-0.3, -0.25) is 9.59 Å². The van der Waals surface area contributed by atoms with Crippen LogP contribution in [-0.4, -0.2) is 32.1 Å². The van der Waals surface area contributed by atoms with Crippen LogP contribution in [0.5, 0.6) is 0 Å². The molecular formula is C17H26N2O3. The Morgan fingerprint density at radius 3 is 2.27 bits per heavy atom. The molecule has 0 heterocycles. The summed E-state index contributed by atoms with van der Waals surface area (Å²) in [5.74, 6) is -0.553. The standard InChI is InChI=1S/C17H26N2O3/c1-13-6-8-14(9-7-13)12-19-16(21)17(2,3)15(20)18-10-5-11-22-4/h6-9H,5,10-12H2,1-4H3,(H,18,20)(H,19,21). The lowest BCUT2D eigenvalue weighted by Crippen LogP contribution is -2.47. The average molecular weight is 306 g/mol. The van der Waals surface area contributed by atoms with Crippen molar-refractivity contribution in [3.8, 4) is 0 Å². The third kappa shape index (κ3) is 5.48. The molecule has 1 aromatic carbocycles. The topological polar surface area (TPSA) is 67.4 Å². The predicted molar refractivity (Wildman–Crippen MR) is 86.3 cm³/mol. The fourth-order valence-corrected chi connectivity index (χ4v) is 1.85. The van der Waals surface area contributed by atoms with Crippen LogP contribution in [0.4, 0.5) is 0 Å². The van der Waals surface area contributed by atoms with E-state index in [2.05, 4.69) is 10.6 Å². The molecule has 2 N–H and O–H groups in total. The van der Waals surface area contributed by atoms with Gasteiger partial charge in [-0.1, -0.05) is 29.8 Å². The van der Waals surface area contributed by atoms with Crippen LogP contribution in [0.25, 0.3) is 0 Å². The van der Waals surface area contributed by atoms with E-state index in [1.54, 1.807) is 21.0 Å². The Morgan fingerprint density at radius 1 is 1.09 bits per heavy atom. The van der Waals surface area contributed by atoms with Crippen molar-refractivity contribution in [2.75, 3.05) is 20.3 Å². The smallest absolute Gasteiger partial charge is 0.235 e. The number of carbonyl (C=O) groups is 2. The van der Waals surface area contributed by atoms with E-state index in [4.69, 9.17) is 4.74 Å². The van der Waals surface area contributed by atoms with Crippen LogP contribution in [0, 0.1) is 12.3 Å². The second-order valence-corrected chi connectivity index (χ2v) is 5.90. The molecule has 0 spiro atoms. The maximum absolute atomic E-state index is 12.2. The second-order valence-electron chi connectivity index (χ2n) is 5.90. The monoisotopic (exact) mass is 306 g/mol. The number of hydrogen-bond donors (Lipinski definition) is 2. The molecule has 0 saturated heterocycles. The lowest BCUT2D eigenvalue weighted by atomic mass is 9.91. The maximum Gasteiger partial charge on any atom is 0.235 e. The zero-order valence-corrected chi connectivity index (χ0v) is 13.9. The van der Waals surface area contributed by atoms with E-state index in [9.17, 15) is 9.59 Å². The molecule has 22 heavy (non-hydrogen) atoms. The molecule has 0 bridgehead atoms. The van der Waals surface area contributed by atoms with Gasteiger partial charge in [-0.25, -0.2) is 0 Å². The van der Waals surface area contributed by atoms with Crippen LogP contribution in [0.3, 0.4) is 0 Å². The Labute approximate surface area is 132 Å². The summed E-state index contributed by atoms with van der Waals surface area (Å²) < 4.78 is 4.92. The van der Waals surface area contributed by atoms with E-state index in [1.807, 2.05) is 31.2 Å². The van der Waals surface area contributed by atoms with Crippen molar-refractivity contribution >= 4 is 11.8 Å². The van der Waals surface area contributed by atoms with Crippen molar-refractivity contribution in [3.05, 3.63) is 35.4 Å². The van der Waals surface area contributed by atoms with Gasteiger partial charge in [0, 0.05) is 26.8 Å². The highest BCUT2D eigenvalue weighted by Gasteiger charge is 2.35. The molecule has 0 radical (unpaired) electrons. The molecule has 0 saturated carbocycles. The summed E-state index contributed by atoms with van der Waals surface area (Å²) >= 11 is 0. The van der Waals surface area contributed by atoms with Gasteiger partial charge in [0.25, 0.3) is 0 Å². The third-order valence-corrected chi connectivity index (χ3v) is 3.52. The van der Waals surface area contributed by atoms with Crippen LogP contribution < -0.4 is 10.6 Å². The number of benzene rings is 1. The van der Waals surface area contributed by atoms with Gasteiger partial charge in [0.1, 0.15) is 5.41 Å². The molecule has 1 rings (SSSR count). The summed E-state index contributed by atoms with van der Waals surface area (Å²) in [4.78, 5) is 24.4. The summed E-state index contributed by atoms with van der Waals surface area (Å²) in [6.45, 7) is 6.77. The fourth-order valence-electron chi connectivity index (χ4n) is 1.85. The Morgan fingerprint density at radius 2 is 1.68 bits per heavy atom. The van der Waals surface area contributed by atoms with Crippen molar-refractivity contribution in [1.82, 2.24) is 10.6 Å². The number of nitrogens with one attached hydrogen (secondary N) is 2. The van der Waals surface area contributed by atoms with Crippen molar-refractivity contribution in [2.45, 2.75) is 33.7 Å². The van der Waals surface area contributed by atoms with Crippen molar-refractivity contribution in [3.63, 3.8) is 0 Å². The van der Waals surface area contributed by atoms with Gasteiger partial charge < -0.3 is 15.4 Å². The molecule has 1 aromatic rings. The molecule has 0 aromatic heterocycles. The van der Waals surface area contributed by atoms with Gasteiger partial charge in [0.2, 0.25) is 11.8 Å². The van der Waals surface area contributed by atoms with Gasteiger partial charge in [0.15, 0.2) is 0 Å². The van der Waals surface area contributed by atoms with E-state index >= 15 is 0 Å². The zero-order valence-electron chi connectivity index (χ0n) is 13.9. The lowest BCUT2D eigenvalue weighted by Gasteiger charge is -2.22. The summed E-state index contributed by atoms with van der Waals surface area (Å²) in [7, 11) is 1.62. The largest absolute Gasteiger partial charge is 0.385 e. The molecule has 122 valence electrons. The minimum atomic E-state index is -1.10. The molecule has 5 heteroatoms. The van der Waals surface area contributed by atoms with E-state index in [1.165, 1.54) is 5.56 Å². The van der Waals surface area contributed by atoms with Crippen LogP contribution in [0.15, 0.2) is 24.3 Å². The van der Waals surface area contributed by atoms with Crippen molar-refractivity contribution in [1.29, 1.82) is 0 Å². The summed E-state index contributed by atoms with van der Waals surface area (Å²) in [5, 5.41) is 5.58. The molecular weight excluding hydrogens is 280 g/mol. The minimum Gasteiger partial charge on any atom is -0.385 e. The van der Waals surface area contributed by atoms with Gasteiger partial charge in [0.05, 0.1) is 0 Å². The molecule has 0 atom stereocenters. The zero-order chi connectivity index (χ0) is 16.6. The van der Waals surface area contributed by atoms with E-state index in [0.717, 1.165) is 12.0 Å². The Hall–Kier alpha value is -1.88. The second kappa shape index (κ2) is 8.54. The molecule has 0 fully saturated rings. The quantitative estimate of drug-likeness (QED) is 0.568. The van der Waals surface area contributed by atoms with Crippen LogP contribution in [0.2, 0.25) is 0 Å². The van der Waals surface area contributed by atoms with E-state index < -0.39 is 5.41 Å². The molecule has 0 aliphatic carbocycles. The normalized spacial score (nSPS) is 11.1. The number of carbonyl (C=O) groups excluding carboxylic acids is 2. The molecule has 0 unspecified atom stereocenters. The highest BCUT2D eigenvalue weighted by molar-refractivity contribution is 6.04. The first-order chi connectivity index (χ1) is 10.4. The minimum absolute atomic E-state index is 0.273. The first kappa shape index (κ1) is 18.2. The summed E-state index contributed by atoms with van der Waals surface area (Å²) in [5.41, 5.74) is 1.08. The highest BCUT2D eigenvalue weighted by atomic mass is 16.5. The SMILES string of the molecule is COCCCNC(=O)C(C)(C)C(=O)NCc1ccc(C)cc1. The number of amides is 2. The van der Waals surface area contributed by atoms with Crippen LogP contribution >= 0.6 is 0 Å². The first-order valence-corrected chi connectivity index (χ1v) is 7.49. The van der Waals surface area contributed by atoms with E-state index in [0.29, 0.717) is 19.7 Å². The third-order valence-electron chi connectivity index (χ3n) is 3.52. The van der Waals surface area contributed by atoms with Gasteiger partial charge in [-0.2, -0.15) is 0 Å². The lowest BCUT2D eigenvalue weighted by molar-refractivity contribution is -0.141. The molecule has 5 nitrogen and oxygen atoms in total. The van der Waals surface area contributed by atoms with Crippen LogP contribution in [-0.2, 0) is 20.9 Å². The Kier molecular flexibility index (Phi) is 7.05. The van der Waals surface area contributed by atoms with Gasteiger partial charge >= 0.3 is 0 Å². The predicted octanol–water partition coefficient (Wildman–Crippen LogP) is 1.79. The molecule has 2 amide bonds. The summed E-state index contributed by atoms with van der Waals surface area (Å²) in [6, 6.07) is 7.92. The number of methoxy groups -OCH3 is 1. The number of hydrogen-bond acceptors (Lipinski definition) is 3. The maximum atomic E-state index is 12.2. The fraction of sp³-hybridized carbons (Fsp3) is 0.529. The molecule has 0 aliphatic rings. The van der Waals surface area contributed by atoms with Crippen molar-refractivity contribution in [2.24, 2.45) is 5.41 Å². The summed E-state index contributed by atoms with van der Waals surface area (Å²) in [6.07, 6.45) is 0.726. The van der Waals surface area contributed by atoms with Gasteiger partial charge in [-0.05, 0) is 32.8 Å². The first-order valence-electron chi connectivity index (χ1n) is 7.49. The van der Waals surface area contributed by atoms with Crippen molar-refractivity contribution < 1.29 is 14.3 Å². The number of ether oxygens (including phenoxy) is 1. The Bertz CT molecular complexity index is 495. The van der Waals surface area contributed by atoms with E-state index in [-0.39, 0.29) is 11.8 Å². The number of rotatable bonds is 8. The molecule has 0 aliphatic heterocycles. The van der Waals surface area contributed by atoms with Gasteiger partial charge in [-0.15, -0.1) is 0 Å². The van der Waals surface area contributed by atoms with Crippen LogP contribution in [0.1, 0.15) is 31.4 Å². The Balaban J connectivity index is 2.47.